The molecule has 8 heteroatoms. The van der Waals surface area contributed by atoms with Gasteiger partial charge in [0.25, 0.3) is 5.91 Å². The number of fused-ring (bicyclic) bond motifs is 2. The lowest BCUT2D eigenvalue weighted by atomic mass is 9.78. The van der Waals surface area contributed by atoms with Crippen molar-refractivity contribution in [2.24, 2.45) is 11.8 Å². The molecule has 4 aliphatic rings. The first kappa shape index (κ1) is 24.6. The van der Waals surface area contributed by atoms with E-state index in [0.29, 0.717) is 5.56 Å². The van der Waals surface area contributed by atoms with Gasteiger partial charge >= 0.3 is 5.97 Å². The summed E-state index contributed by atoms with van der Waals surface area (Å²) in [5.41, 5.74) is 1.98. The fourth-order valence-corrected chi connectivity index (χ4v) is 6.50. The SMILES string of the molecule is Cc1ccc(C)c(N2CC=C[C@]34O[C@H]5C=CCOC(=O)[C@H]5[C@H]3C(=O)N([C@H](CO)c3ccccc3)C4C2=O)c1. The van der Waals surface area contributed by atoms with Crippen LogP contribution >= 0.6 is 0 Å². The number of ether oxygens (including phenoxy) is 2. The molecule has 2 amide bonds. The monoisotopic (exact) mass is 514 g/mol. The predicted molar refractivity (Wildman–Crippen MR) is 139 cm³/mol. The smallest absolute Gasteiger partial charge is 0.313 e. The van der Waals surface area contributed by atoms with E-state index < -0.39 is 54.1 Å². The zero-order valence-electron chi connectivity index (χ0n) is 21.3. The Kier molecular flexibility index (Phi) is 5.96. The maximum Gasteiger partial charge on any atom is 0.313 e. The lowest BCUT2D eigenvalue weighted by Crippen LogP contribution is -2.56. The number of anilines is 1. The van der Waals surface area contributed by atoms with Gasteiger partial charge in [-0.1, -0.05) is 60.7 Å². The van der Waals surface area contributed by atoms with Gasteiger partial charge in [0.1, 0.15) is 24.2 Å². The molecule has 1 spiro atoms. The Balaban J connectivity index is 1.53. The number of aryl methyl sites for hydroxylation is 2. The van der Waals surface area contributed by atoms with Crippen molar-refractivity contribution in [1.82, 2.24) is 4.90 Å². The van der Waals surface area contributed by atoms with Crippen molar-refractivity contribution in [3.63, 3.8) is 0 Å². The molecule has 1 N–H and O–H groups in total. The summed E-state index contributed by atoms with van der Waals surface area (Å²) in [7, 11) is 0. The van der Waals surface area contributed by atoms with Crippen LogP contribution < -0.4 is 4.90 Å². The zero-order valence-corrected chi connectivity index (χ0v) is 21.3. The number of benzene rings is 2. The van der Waals surface area contributed by atoms with Gasteiger partial charge in [-0.25, -0.2) is 0 Å². The Bertz CT molecular complexity index is 1350. The van der Waals surface area contributed by atoms with Gasteiger partial charge in [-0.2, -0.15) is 0 Å². The Labute approximate surface area is 221 Å². The van der Waals surface area contributed by atoms with Gasteiger partial charge in [0.05, 0.1) is 24.7 Å². The molecule has 6 rings (SSSR count). The number of rotatable bonds is 4. The molecule has 2 fully saturated rings. The second kappa shape index (κ2) is 9.22. The highest BCUT2D eigenvalue weighted by Gasteiger charge is 2.72. The number of esters is 1. The van der Waals surface area contributed by atoms with Crippen LogP contribution in [0.25, 0.3) is 0 Å². The Morgan fingerprint density at radius 2 is 1.84 bits per heavy atom. The van der Waals surface area contributed by atoms with Crippen molar-refractivity contribution in [2.75, 3.05) is 24.7 Å². The van der Waals surface area contributed by atoms with Crippen LogP contribution in [0.2, 0.25) is 0 Å². The lowest BCUT2D eigenvalue weighted by Gasteiger charge is -2.39. The van der Waals surface area contributed by atoms with Crippen LogP contribution in [0.15, 0.2) is 72.8 Å². The summed E-state index contributed by atoms with van der Waals surface area (Å²) in [6.07, 6.45) is 6.41. The molecule has 1 unspecified atom stereocenters. The van der Waals surface area contributed by atoms with E-state index in [0.717, 1.165) is 16.8 Å². The van der Waals surface area contributed by atoms with E-state index in [2.05, 4.69) is 0 Å². The van der Waals surface area contributed by atoms with Crippen LogP contribution in [0.4, 0.5) is 5.69 Å². The number of hydrogen-bond donors (Lipinski definition) is 1. The first-order valence-electron chi connectivity index (χ1n) is 12.9. The zero-order chi connectivity index (χ0) is 26.6. The lowest BCUT2D eigenvalue weighted by molar-refractivity contribution is -0.153. The molecule has 196 valence electrons. The summed E-state index contributed by atoms with van der Waals surface area (Å²) in [4.78, 5) is 45.2. The number of cyclic esters (lactones) is 1. The maximum absolute atomic E-state index is 14.6. The molecule has 2 saturated heterocycles. The van der Waals surface area contributed by atoms with Crippen LogP contribution in [0, 0.1) is 25.7 Å². The molecule has 4 heterocycles. The summed E-state index contributed by atoms with van der Waals surface area (Å²) < 4.78 is 12.0. The van der Waals surface area contributed by atoms with Gasteiger partial charge in [-0.15, -0.1) is 0 Å². The highest BCUT2D eigenvalue weighted by molar-refractivity contribution is 6.06. The standard InChI is InChI=1S/C30H30N2O6/c1-18-11-12-19(2)21(16-18)31-14-7-13-30-25(24-23(38-30)10-6-15-37-29(24)36)27(34)32(26(30)28(31)35)22(17-33)20-8-4-3-5-9-20/h3-13,16,22-26,33H,14-15,17H2,1-2H3/t22-,23+,24-,25+,26?,30+/m1/s1. The minimum absolute atomic E-state index is 0.106. The normalized spacial score (nSPS) is 30.9. The van der Waals surface area contributed by atoms with Crippen LogP contribution in [-0.4, -0.2) is 65.3 Å². The number of nitrogens with zero attached hydrogens (tertiary/aromatic N) is 2. The highest BCUT2D eigenvalue weighted by Crippen LogP contribution is 2.55. The van der Waals surface area contributed by atoms with E-state index in [1.54, 1.807) is 23.1 Å². The molecule has 2 aromatic carbocycles. The van der Waals surface area contributed by atoms with E-state index >= 15 is 0 Å². The average Bonchev–Trinajstić information content (AvgIpc) is 3.21. The average molecular weight is 515 g/mol. The molecule has 6 atom stereocenters. The summed E-state index contributed by atoms with van der Waals surface area (Å²) in [5, 5.41) is 10.6. The van der Waals surface area contributed by atoms with Crippen LogP contribution in [0.5, 0.6) is 0 Å². The minimum atomic E-state index is -1.39. The molecule has 0 saturated carbocycles. The quantitative estimate of drug-likeness (QED) is 0.498. The maximum atomic E-state index is 14.6. The number of aliphatic hydroxyl groups excluding tert-OH is 1. The third kappa shape index (κ3) is 3.55. The van der Waals surface area contributed by atoms with E-state index in [-0.39, 0.29) is 19.1 Å². The van der Waals surface area contributed by atoms with Crippen molar-refractivity contribution < 1.29 is 29.0 Å². The fraction of sp³-hybridized carbons (Fsp3) is 0.367. The Hall–Kier alpha value is -3.75. The fourth-order valence-electron chi connectivity index (χ4n) is 6.50. The molecule has 0 radical (unpaired) electrons. The molecule has 38 heavy (non-hydrogen) atoms. The first-order chi connectivity index (χ1) is 18.4. The number of aliphatic hydroxyl groups is 1. The molecular formula is C30H30N2O6. The second-order valence-corrected chi connectivity index (χ2v) is 10.4. The van der Waals surface area contributed by atoms with Crippen molar-refractivity contribution in [3.8, 4) is 0 Å². The first-order valence-corrected chi connectivity index (χ1v) is 12.9. The number of carbonyl (C=O) groups excluding carboxylic acids is 3. The number of amides is 2. The van der Waals surface area contributed by atoms with Crippen LogP contribution in [-0.2, 0) is 23.9 Å². The molecule has 8 nitrogen and oxygen atoms in total. The van der Waals surface area contributed by atoms with E-state index in [4.69, 9.17) is 9.47 Å². The number of likely N-dealkylation sites (tertiary alicyclic amines) is 1. The van der Waals surface area contributed by atoms with Gasteiger partial charge in [-0.3, -0.25) is 14.4 Å². The van der Waals surface area contributed by atoms with Crippen molar-refractivity contribution >= 4 is 23.5 Å². The van der Waals surface area contributed by atoms with Crippen LogP contribution in [0.3, 0.4) is 0 Å². The highest BCUT2D eigenvalue weighted by atomic mass is 16.6. The third-order valence-electron chi connectivity index (χ3n) is 8.20. The predicted octanol–water partition coefficient (Wildman–Crippen LogP) is 2.63. The van der Waals surface area contributed by atoms with Gasteiger partial charge in [0, 0.05) is 12.2 Å². The molecule has 2 aromatic rings. The molecular weight excluding hydrogens is 484 g/mol. The summed E-state index contributed by atoms with van der Waals surface area (Å²) >= 11 is 0. The van der Waals surface area contributed by atoms with Gasteiger partial charge in [-0.05, 0) is 42.7 Å². The molecule has 0 aromatic heterocycles. The molecule has 0 bridgehead atoms. The van der Waals surface area contributed by atoms with Crippen molar-refractivity contribution in [2.45, 2.75) is 37.6 Å². The summed E-state index contributed by atoms with van der Waals surface area (Å²) in [6.45, 7) is 3.90. The van der Waals surface area contributed by atoms with Crippen LogP contribution in [0.1, 0.15) is 22.7 Å². The minimum Gasteiger partial charge on any atom is -0.461 e. The van der Waals surface area contributed by atoms with Gasteiger partial charge in [0.15, 0.2) is 0 Å². The number of hydrogen-bond acceptors (Lipinski definition) is 6. The van der Waals surface area contributed by atoms with Gasteiger partial charge in [0.2, 0.25) is 5.91 Å². The summed E-state index contributed by atoms with van der Waals surface area (Å²) in [5.74, 6) is -3.10. The van der Waals surface area contributed by atoms with E-state index in [9.17, 15) is 19.5 Å². The third-order valence-corrected chi connectivity index (χ3v) is 8.20. The second-order valence-electron chi connectivity index (χ2n) is 10.4. The number of carbonyl (C=O) groups is 3. The van der Waals surface area contributed by atoms with E-state index in [1.807, 2.05) is 68.5 Å². The summed E-state index contributed by atoms with van der Waals surface area (Å²) in [6, 6.07) is 13.2. The van der Waals surface area contributed by atoms with Crippen molar-refractivity contribution in [3.05, 3.63) is 89.5 Å². The Morgan fingerprint density at radius 1 is 1.05 bits per heavy atom. The largest absolute Gasteiger partial charge is 0.461 e. The van der Waals surface area contributed by atoms with Gasteiger partial charge < -0.3 is 24.4 Å². The Morgan fingerprint density at radius 3 is 2.61 bits per heavy atom. The molecule has 0 aliphatic carbocycles. The molecule has 4 aliphatic heterocycles. The topological polar surface area (TPSA) is 96.4 Å². The van der Waals surface area contributed by atoms with Crippen molar-refractivity contribution in [1.29, 1.82) is 0 Å². The van der Waals surface area contributed by atoms with E-state index in [1.165, 1.54) is 4.90 Å².